The Bertz CT molecular complexity index is 355. The van der Waals surface area contributed by atoms with Crippen LogP contribution in [0.15, 0.2) is 24.3 Å². The number of esters is 1. The van der Waals surface area contributed by atoms with Gasteiger partial charge in [0.05, 0.1) is 12.0 Å². The maximum absolute atomic E-state index is 11.6. The first-order valence-corrected chi connectivity index (χ1v) is 4.97. The van der Waals surface area contributed by atoms with E-state index in [4.69, 9.17) is 4.74 Å². The van der Waals surface area contributed by atoms with E-state index in [1.807, 2.05) is 32.0 Å². The van der Waals surface area contributed by atoms with Crippen LogP contribution in [0.5, 0.6) is 0 Å². The molecule has 0 heterocycles. The van der Waals surface area contributed by atoms with E-state index in [0.29, 0.717) is 0 Å². The summed E-state index contributed by atoms with van der Waals surface area (Å²) in [6.07, 6.45) is 0.817. The summed E-state index contributed by atoms with van der Waals surface area (Å²) < 4.78 is 5.17. The Hall–Kier alpha value is -1.31. The van der Waals surface area contributed by atoms with E-state index < -0.39 is 0 Å². The number of rotatable bonds is 2. The summed E-state index contributed by atoms with van der Waals surface area (Å²) in [6, 6.07) is 8.04. The Morgan fingerprint density at radius 3 is 2.79 bits per heavy atom. The van der Waals surface area contributed by atoms with Crippen molar-refractivity contribution in [3.8, 4) is 0 Å². The van der Waals surface area contributed by atoms with Crippen molar-refractivity contribution in [3.05, 3.63) is 35.4 Å². The summed E-state index contributed by atoms with van der Waals surface area (Å²) in [6.45, 7) is 3.75. The average molecular weight is 190 g/mol. The molecule has 0 spiro atoms. The van der Waals surface area contributed by atoms with Gasteiger partial charge in [-0.05, 0) is 31.4 Å². The zero-order valence-electron chi connectivity index (χ0n) is 8.49. The monoisotopic (exact) mass is 190 g/mol. The molecule has 1 atom stereocenters. The van der Waals surface area contributed by atoms with Gasteiger partial charge in [0.25, 0.3) is 0 Å². The first-order valence-electron chi connectivity index (χ1n) is 4.97. The standard InChI is InChI=1S/C12H14O2/c1-8(2)14-12(13)11-7-9-5-3-4-6-10(9)11/h3-6,8,11H,7H2,1-2H3. The lowest BCUT2D eigenvalue weighted by molar-refractivity contribution is -0.149. The third-order valence-electron chi connectivity index (χ3n) is 2.49. The highest BCUT2D eigenvalue weighted by Crippen LogP contribution is 2.35. The molecule has 1 aliphatic carbocycles. The van der Waals surface area contributed by atoms with Crippen LogP contribution in [0.1, 0.15) is 30.9 Å². The largest absolute Gasteiger partial charge is 0.462 e. The molecule has 0 saturated heterocycles. The molecule has 1 aliphatic rings. The molecular formula is C12H14O2. The minimum absolute atomic E-state index is 0.0183. The molecule has 14 heavy (non-hydrogen) atoms. The highest BCUT2D eigenvalue weighted by atomic mass is 16.5. The average Bonchev–Trinajstić information content (AvgIpc) is 2.05. The molecule has 0 saturated carbocycles. The Labute approximate surface area is 83.9 Å². The van der Waals surface area contributed by atoms with Crippen LogP contribution in [-0.2, 0) is 16.0 Å². The van der Waals surface area contributed by atoms with Crippen LogP contribution in [0.4, 0.5) is 0 Å². The summed E-state index contributed by atoms with van der Waals surface area (Å²) in [7, 11) is 0. The van der Waals surface area contributed by atoms with Gasteiger partial charge in [-0.1, -0.05) is 24.3 Å². The smallest absolute Gasteiger partial charge is 0.314 e. The van der Waals surface area contributed by atoms with Crippen LogP contribution in [-0.4, -0.2) is 12.1 Å². The van der Waals surface area contributed by atoms with Crippen LogP contribution in [0.3, 0.4) is 0 Å². The predicted molar refractivity (Wildman–Crippen MR) is 54.1 cm³/mol. The molecule has 2 rings (SSSR count). The quantitative estimate of drug-likeness (QED) is 0.669. The second-order valence-corrected chi connectivity index (χ2v) is 3.94. The molecule has 0 fully saturated rings. The van der Waals surface area contributed by atoms with Crippen molar-refractivity contribution in [2.24, 2.45) is 0 Å². The van der Waals surface area contributed by atoms with Crippen molar-refractivity contribution in [3.63, 3.8) is 0 Å². The first-order chi connectivity index (χ1) is 6.68. The zero-order chi connectivity index (χ0) is 10.1. The van der Waals surface area contributed by atoms with E-state index in [1.165, 1.54) is 5.56 Å². The third kappa shape index (κ3) is 1.52. The van der Waals surface area contributed by atoms with Crippen LogP contribution >= 0.6 is 0 Å². The van der Waals surface area contributed by atoms with Gasteiger partial charge in [-0.2, -0.15) is 0 Å². The highest BCUT2D eigenvalue weighted by Gasteiger charge is 2.33. The van der Waals surface area contributed by atoms with Gasteiger partial charge < -0.3 is 4.74 Å². The number of benzene rings is 1. The lowest BCUT2D eigenvalue weighted by Gasteiger charge is -2.28. The first kappa shape index (κ1) is 9.25. The molecule has 0 N–H and O–H groups in total. The maximum Gasteiger partial charge on any atom is 0.314 e. The molecule has 74 valence electrons. The fourth-order valence-electron chi connectivity index (χ4n) is 1.78. The predicted octanol–water partition coefficient (Wildman–Crippen LogP) is 2.28. The number of carbonyl (C=O) groups is 1. The van der Waals surface area contributed by atoms with E-state index in [2.05, 4.69) is 6.07 Å². The maximum atomic E-state index is 11.6. The molecular weight excluding hydrogens is 176 g/mol. The second-order valence-electron chi connectivity index (χ2n) is 3.94. The van der Waals surface area contributed by atoms with E-state index in [1.54, 1.807) is 0 Å². The zero-order valence-corrected chi connectivity index (χ0v) is 8.49. The van der Waals surface area contributed by atoms with Crippen molar-refractivity contribution in [1.82, 2.24) is 0 Å². The third-order valence-corrected chi connectivity index (χ3v) is 2.49. The lowest BCUT2D eigenvalue weighted by atomic mass is 9.78. The minimum Gasteiger partial charge on any atom is -0.462 e. The topological polar surface area (TPSA) is 26.3 Å². The molecule has 0 aliphatic heterocycles. The summed E-state index contributed by atoms with van der Waals surface area (Å²) >= 11 is 0. The van der Waals surface area contributed by atoms with Crippen LogP contribution in [0.2, 0.25) is 0 Å². The Morgan fingerprint density at radius 1 is 1.43 bits per heavy atom. The van der Waals surface area contributed by atoms with E-state index in [-0.39, 0.29) is 18.0 Å². The molecule has 0 amide bonds. The molecule has 1 unspecified atom stereocenters. The van der Waals surface area contributed by atoms with Crippen molar-refractivity contribution in [2.75, 3.05) is 0 Å². The van der Waals surface area contributed by atoms with Crippen LogP contribution in [0.25, 0.3) is 0 Å². The number of fused-ring (bicyclic) bond motifs is 1. The Balaban J connectivity index is 2.08. The minimum atomic E-state index is -0.0845. The van der Waals surface area contributed by atoms with Crippen molar-refractivity contribution >= 4 is 5.97 Å². The van der Waals surface area contributed by atoms with Gasteiger partial charge >= 0.3 is 5.97 Å². The van der Waals surface area contributed by atoms with E-state index in [9.17, 15) is 4.79 Å². The van der Waals surface area contributed by atoms with Crippen molar-refractivity contribution < 1.29 is 9.53 Å². The fraction of sp³-hybridized carbons (Fsp3) is 0.417. The number of hydrogen-bond donors (Lipinski definition) is 0. The van der Waals surface area contributed by atoms with Gasteiger partial charge in [0.15, 0.2) is 0 Å². The Morgan fingerprint density at radius 2 is 2.14 bits per heavy atom. The van der Waals surface area contributed by atoms with Crippen molar-refractivity contribution in [2.45, 2.75) is 32.3 Å². The Kier molecular flexibility index (Phi) is 2.28. The van der Waals surface area contributed by atoms with Gasteiger partial charge in [-0.3, -0.25) is 4.79 Å². The van der Waals surface area contributed by atoms with Gasteiger partial charge in [0.2, 0.25) is 0 Å². The molecule has 0 radical (unpaired) electrons. The number of ether oxygens (including phenoxy) is 1. The normalized spacial score (nSPS) is 18.6. The SMILES string of the molecule is CC(C)OC(=O)C1Cc2ccccc21. The van der Waals surface area contributed by atoms with E-state index >= 15 is 0 Å². The van der Waals surface area contributed by atoms with Gasteiger partial charge in [-0.15, -0.1) is 0 Å². The van der Waals surface area contributed by atoms with Gasteiger partial charge in [0.1, 0.15) is 0 Å². The number of hydrogen-bond acceptors (Lipinski definition) is 2. The molecule has 2 heteroatoms. The van der Waals surface area contributed by atoms with Crippen molar-refractivity contribution in [1.29, 1.82) is 0 Å². The molecule has 1 aromatic carbocycles. The summed E-state index contributed by atoms with van der Waals surface area (Å²) in [5.41, 5.74) is 2.41. The fourth-order valence-corrected chi connectivity index (χ4v) is 1.78. The van der Waals surface area contributed by atoms with Crippen LogP contribution in [0, 0.1) is 0 Å². The molecule has 1 aromatic rings. The van der Waals surface area contributed by atoms with Gasteiger partial charge in [0, 0.05) is 0 Å². The summed E-state index contributed by atoms with van der Waals surface area (Å²) in [5.74, 6) is -0.104. The summed E-state index contributed by atoms with van der Waals surface area (Å²) in [4.78, 5) is 11.6. The second kappa shape index (κ2) is 3.45. The van der Waals surface area contributed by atoms with E-state index in [0.717, 1.165) is 12.0 Å². The lowest BCUT2D eigenvalue weighted by Crippen LogP contribution is -2.28. The molecule has 2 nitrogen and oxygen atoms in total. The molecule has 0 aromatic heterocycles. The number of carbonyl (C=O) groups excluding carboxylic acids is 1. The van der Waals surface area contributed by atoms with Gasteiger partial charge in [-0.25, -0.2) is 0 Å². The van der Waals surface area contributed by atoms with Crippen LogP contribution < -0.4 is 0 Å². The highest BCUT2D eigenvalue weighted by molar-refractivity contribution is 5.82. The summed E-state index contributed by atoms with van der Waals surface area (Å²) in [5, 5.41) is 0. The molecule has 0 bridgehead atoms.